The molecule has 14 heavy (non-hydrogen) atoms. The van der Waals surface area contributed by atoms with Gasteiger partial charge >= 0.3 is 0 Å². The zero-order valence-electron chi connectivity index (χ0n) is 9.64. The second-order valence-corrected chi connectivity index (χ2v) is 5.59. The lowest BCUT2D eigenvalue weighted by Crippen LogP contribution is -2.34. The number of nitrogens with two attached hydrogens (primary N) is 1. The average Bonchev–Trinajstić information content (AvgIpc) is 2.47. The fourth-order valence-electron chi connectivity index (χ4n) is 1.92. The highest BCUT2D eigenvalue weighted by atomic mass is 15.2. The third kappa shape index (κ3) is 3.56. The molecule has 3 N–H and O–H groups in total. The van der Waals surface area contributed by atoms with Crippen molar-refractivity contribution < 1.29 is 0 Å². The molecule has 1 heterocycles. The topological polar surface area (TPSA) is 53.1 Å². The van der Waals surface area contributed by atoms with Crippen LogP contribution < -0.4 is 5.73 Å². The first-order chi connectivity index (χ1) is 6.38. The molecule has 0 aromatic carbocycles. The Bertz CT molecular complexity index is 205. The molecule has 1 aliphatic heterocycles. The van der Waals surface area contributed by atoms with Crippen LogP contribution in [0, 0.1) is 16.7 Å². The normalized spacial score (nSPS) is 22.8. The van der Waals surface area contributed by atoms with E-state index < -0.39 is 0 Å². The van der Waals surface area contributed by atoms with Crippen LogP contribution >= 0.6 is 0 Å². The van der Waals surface area contributed by atoms with Gasteiger partial charge in [0.05, 0.1) is 0 Å². The van der Waals surface area contributed by atoms with Crippen molar-refractivity contribution in [2.75, 3.05) is 13.1 Å². The van der Waals surface area contributed by atoms with E-state index in [0.29, 0.717) is 5.41 Å². The first-order valence-electron chi connectivity index (χ1n) is 5.47. The summed E-state index contributed by atoms with van der Waals surface area (Å²) in [5.41, 5.74) is 5.89. The first-order valence-corrected chi connectivity index (χ1v) is 5.47. The summed E-state index contributed by atoms with van der Waals surface area (Å²) in [6.07, 6.45) is 3.74. The molecule has 1 fully saturated rings. The zero-order chi connectivity index (χ0) is 10.8. The molecular formula is C11H23N3. The minimum Gasteiger partial charge on any atom is -0.370 e. The molecule has 3 nitrogen and oxygen atoms in total. The molecule has 82 valence electrons. The van der Waals surface area contributed by atoms with Crippen LogP contribution in [0.4, 0.5) is 0 Å². The van der Waals surface area contributed by atoms with Crippen molar-refractivity contribution in [1.29, 1.82) is 5.41 Å². The lowest BCUT2D eigenvalue weighted by molar-refractivity contribution is 0.324. The number of hydrogen-bond donors (Lipinski definition) is 2. The van der Waals surface area contributed by atoms with Crippen molar-refractivity contribution in [2.24, 2.45) is 17.1 Å². The molecule has 1 aliphatic rings. The highest BCUT2D eigenvalue weighted by molar-refractivity contribution is 5.74. The molecule has 0 bridgehead atoms. The van der Waals surface area contributed by atoms with Crippen LogP contribution in [0.3, 0.4) is 0 Å². The second-order valence-electron chi connectivity index (χ2n) is 5.59. The lowest BCUT2D eigenvalue weighted by Gasteiger charge is -2.21. The summed E-state index contributed by atoms with van der Waals surface area (Å²) >= 11 is 0. The molecule has 3 heteroatoms. The smallest absolute Gasteiger partial charge is 0.188 e. The fraction of sp³-hybridized carbons (Fsp3) is 0.909. The molecule has 0 radical (unpaired) electrons. The average molecular weight is 197 g/mol. The molecule has 0 spiro atoms. The van der Waals surface area contributed by atoms with Crippen molar-refractivity contribution in [3.63, 3.8) is 0 Å². The maximum atomic E-state index is 7.34. The van der Waals surface area contributed by atoms with E-state index in [1.807, 2.05) is 4.90 Å². The number of nitrogens with one attached hydrogen (secondary N) is 1. The van der Waals surface area contributed by atoms with E-state index in [-0.39, 0.29) is 5.96 Å². The van der Waals surface area contributed by atoms with Crippen LogP contribution in [0.5, 0.6) is 0 Å². The van der Waals surface area contributed by atoms with E-state index >= 15 is 0 Å². The van der Waals surface area contributed by atoms with Gasteiger partial charge in [-0.05, 0) is 30.6 Å². The number of rotatable bonds is 2. The van der Waals surface area contributed by atoms with E-state index in [0.717, 1.165) is 19.0 Å². The first kappa shape index (κ1) is 11.3. The molecule has 0 amide bonds. The number of guanidine groups is 1. The Labute approximate surface area is 87.2 Å². The number of hydrogen-bond acceptors (Lipinski definition) is 1. The standard InChI is InChI=1S/C11H23N3/c1-11(2,3)6-4-9-5-7-14(8-9)10(12)13/h9H,4-8H2,1-3H3,(H3,12,13). The second kappa shape index (κ2) is 4.20. The van der Waals surface area contributed by atoms with Gasteiger partial charge in [0.25, 0.3) is 0 Å². The Kier molecular flexibility index (Phi) is 3.40. The number of likely N-dealkylation sites (tertiary alicyclic amines) is 1. The van der Waals surface area contributed by atoms with Crippen LogP contribution in [0.1, 0.15) is 40.0 Å². The Morgan fingerprint density at radius 3 is 2.57 bits per heavy atom. The lowest BCUT2D eigenvalue weighted by atomic mass is 9.86. The molecule has 0 saturated carbocycles. The molecule has 1 atom stereocenters. The summed E-state index contributed by atoms with van der Waals surface area (Å²) in [6.45, 7) is 8.82. The molecule has 1 unspecified atom stereocenters. The van der Waals surface area contributed by atoms with Gasteiger partial charge in [-0.25, -0.2) is 0 Å². The largest absolute Gasteiger partial charge is 0.370 e. The minimum atomic E-state index is 0.239. The van der Waals surface area contributed by atoms with Crippen LogP contribution in [0.15, 0.2) is 0 Å². The van der Waals surface area contributed by atoms with E-state index in [4.69, 9.17) is 11.1 Å². The van der Waals surface area contributed by atoms with Crippen molar-refractivity contribution >= 4 is 5.96 Å². The maximum absolute atomic E-state index is 7.34. The van der Waals surface area contributed by atoms with E-state index in [9.17, 15) is 0 Å². The van der Waals surface area contributed by atoms with Gasteiger partial charge in [-0.15, -0.1) is 0 Å². The Hall–Kier alpha value is -0.730. The van der Waals surface area contributed by atoms with Gasteiger partial charge in [-0.2, -0.15) is 0 Å². The summed E-state index contributed by atoms with van der Waals surface area (Å²) in [5, 5.41) is 7.34. The molecule has 0 aromatic rings. The highest BCUT2D eigenvalue weighted by Gasteiger charge is 2.24. The minimum absolute atomic E-state index is 0.239. The van der Waals surface area contributed by atoms with Crippen LogP contribution in [-0.2, 0) is 0 Å². The summed E-state index contributed by atoms with van der Waals surface area (Å²) in [6, 6.07) is 0. The number of nitrogens with zero attached hydrogens (tertiary/aromatic N) is 1. The Balaban J connectivity index is 2.26. The van der Waals surface area contributed by atoms with Crippen molar-refractivity contribution in [2.45, 2.75) is 40.0 Å². The van der Waals surface area contributed by atoms with Gasteiger partial charge in [0, 0.05) is 13.1 Å². The Morgan fingerprint density at radius 2 is 2.14 bits per heavy atom. The third-order valence-electron chi connectivity index (χ3n) is 2.93. The van der Waals surface area contributed by atoms with E-state index in [1.54, 1.807) is 0 Å². The summed E-state index contributed by atoms with van der Waals surface area (Å²) in [7, 11) is 0. The van der Waals surface area contributed by atoms with Crippen molar-refractivity contribution in [3.8, 4) is 0 Å². The Morgan fingerprint density at radius 1 is 1.50 bits per heavy atom. The van der Waals surface area contributed by atoms with Crippen molar-refractivity contribution in [1.82, 2.24) is 4.90 Å². The summed E-state index contributed by atoms with van der Waals surface area (Å²) in [5.74, 6) is 0.987. The predicted octanol–water partition coefficient (Wildman–Crippen LogP) is 2.03. The van der Waals surface area contributed by atoms with Gasteiger partial charge in [-0.3, -0.25) is 5.41 Å². The van der Waals surface area contributed by atoms with Gasteiger partial charge in [0.1, 0.15) is 0 Å². The molecular weight excluding hydrogens is 174 g/mol. The molecule has 1 rings (SSSR count). The third-order valence-corrected chi connectivity index (χ3v) is 2.93. The van der Waals surface area contributed by atoms with E-state index in [2.05, 4.69) is 20.8 Å². The maximum Gasteiger partial charge on any atom is 0.188 e. The predicted molar refractivity (Wildman–Crippen MR) is 60.3 cm³/mol. The van der Waals surface area contributed by atoms with Crippen LogP contribution in [-0.4, -0.2) is 23.9 Å². The molecule has 0 aromatic heterocycles. The van der Waals surface area contributed by atoms with Crippen LogP contribution in [0.2, 0.25) is 0 Å². The van der Waals surface area contributed by atoms with Gasteiger partial charge in [-0.1, -0.05) is 20.8 Å². The SMILES string of the molecule is CC(C)(C)CCC1CCN(C(=N)N)C1. The monoisotopic (exact) mass is 197 g/mol. The van der Waals surface area contributed by atoms with Crippen LogP contribution in [0.25, 0.3) is 0 Å². The fourth-order valence-corrected chi connectivity index (χ4v) is 1.92. The zero-order valence-corrected chi connectivity index (χ0v) is 9.64. The van der Waals surface area contributed by atoms with Crippen molar-refractivity contribution in [3.05, 3.63) is 0 Å². The van der Waals surface area contributed by atoms with E-state index in [1.165, 1.54) is 19.3 Å². The quantitative estimate of drug-likeness (QED) is 0.525. The molecule has 0 aliphatic carbocycles. The van der Waals surface area contributed by atoms with Gasteiger partial charge in [0.2, 0.25) is 0 Å². The summed E-state index contributed by atoms with van der Waals surface area (Å²) in [4.78, 5) is 1.98. The van der Waals surface area contributed by atoms with Gasteiger partial charge in [0.15, 0.2) is 5.96 Å². The van der Waals surface area contributed by atoms with Gasteiger partial charge < -0.3 is 10.6 Å². The summed E-state index contributed by atoms with van der Waals surface area (Å²) < 4.78 is 0. The highest BCUT2D eigenvalue weighted by Crippen LogP contribution is 2.27. The molecule has 1 saturated heterocycles.